The number of hydrogen-bond donors (Lipinski definition) is 2. The van der Waals surface area contributed by atoms with E-state index in [9.17, 15) is 4.79 Å². The number of amides is 2. The molecule has 3 rings (SSSR count). The number of nitrogens with one attached hydrogen (secondary N) is 2. The zero-order chi connectivity index (χ0) is 18.0. The van der Waals surface area contributed by atoms with E-state index in [1.165, 1.54) is 5.56 Å². The molecule has 0 radical (unpaired) electrons. The molecule has 0 aliphatic carbocycles. The van der Waals surface area contributed by atoms with Crippen molar-refractivity contribution in [3.8, 4) is 0 Å². The predicted molar refractivity (Wildman–Crippen MR) is 102 cm³/mol. The van der Waals surface area contributed by atoms with Gasteiger partial charge in [-0.3, -0.25) is 0 Å². The van der Waals surface area contributed by atoms with Gasteiger partial charge in [-0.25, -0.2) is 9.78 Å². The third kappa shape index (κ3) is 5.74. The number of aromatic nitrogens is 1. The Morgan fingerprint density at radius 3 is 2.69 bits per heavy atom. The molecule has 6 nitrogen and oxygen atoms in total. The molecule has 1 aliphatic rings. The van der Waals surface area contributed by atoms with E-state index in [1.54, 1.807) is 6.20 Å². The van der Waals surface area contributed by atoms with Crippen molar-refractivity contribution in [3.63, 3.8) is 0 Å². The van der Waals surface area contributed by atoms with Gasteiger partial charge < -0.3 is 20.3 Å². The lowest BCUT2D eigenvalue weighted by Crippen LogP contribution is -2.37. The summed E-state index contributed by atoms with van der Waals surface area (Å²) in [6.45, 7) is 4.32. The molecular weight excluding hydrogens is 328 g/mol. The van der Waals surface area contributed by atoms with Gasteiger partial charge in [-0.15, -0.1) is 0 Å². The number of urea groups is 1. The Bertz CT molecular complexity index is 687. The van der Waals surface area contributed by atoms with Gasteiger partial charge in [0.15, 0.2) is 0 Å². The van der Waals surface area contributed by atoms with Gasteiger partial charge in [0.05, 0.1) is 13.2 Å². The number of ether oxygens (including phenoxy) is 1. The number of hydrogen-bond acceptors (Lipinski definition) is 4. The number of carbonyl (C=O) groups is 1. The molecule has 1 aromatic carbocycles. The number of pyridine rings is 1. The van der Waals surface area contributed by atoms with Crippen LogP contribution in [-0.4, -0.2) is 43.9 Å². The van der Waals surface area contributed by atoms with Gasteiger partial charge in [-0.2, -0.15) is 0 Å². The molecular formula is C20H26N4O2. The number of benzene rings is 1. The Kier molecular flexibility index (Phi) is 6.84. The normalized spacial score (nSPS) is 14.1. The molecule has 1 aromatic heterocycles. The van der Waals surface area contributed by atoms with Crippen molar-refractivity contribution >= 4 is 11.8 Å². The number of carbonyl (C=O) groups excluding carboxylic acids is 1. The first-order valence-corrected chi connectivity index (χ1v) is 9.14. The summed E-state index contributed by atoms with van der Waals surface area (Å²) in [4.78, 5) is 18.6. The highest BCUT2D eigenvalue weighted by atomic mass is 16.5. The summed E-state index contributed by atoms with van der Waals surface area (Å²) in [5.41, 5.74) is 2.34. The van der Waals surface area contributed by atoms with Crippen LogP contribution in [0.2, 0.25) is 0 Å². The lowest BCUT2D eigenvalue weighted by Gasteiger charge is -2.28. The van der Waals surface area contributed by atoms with E-state index in [0.29, 0.717) is 13.1 Å². The Morgan fingerprint density at radius 2 is 1.88 bits per heavy atom. The summed E-state index contributed by atoms with van der Waals surface area (Å²) in [6, 6.07) is 14.1. The minimum absolute atomic E-state index is 0.136. The van der Waals surface area contributed by atoms with Gasteiger partial charge in [0.1, 0.15) is 5.82 Å². The standard InChI is InChI=1S/C20H26N4O2/c25-20(22-9-4-7-17-5-2-1-3-6-17)23-16-18-8-10-21-19(15-18)24-11-13-26-14-12-24/h1-3,5-6,8,10,15H,4,7,9,11-14,16H2,(H2,22,23,25). The highest BCUT2D eigenvalue weighted by Gasteiger charge is 2.12. The third-order valence-electron chi connectivity index (χ3n) is 4.37. The molecule has 2 N–H and O–H groups in total. The second kappa shape index (κ2) is 9.77. The van der Waals surface area contributed by atoms with Crippen LogP contribution in [-0.2, 0) is 17.7 Å². The average Bonchev–Trinajstić information content (AvgIpc) is 2.71. The van der Waals surface area contributed by atoms with Gasteiger partial charge in [-0.1, -0.05) is 30.3 Å². The van der Waals surface area contributed by atoms with Crippen molar-refractivity contribution in [2.24, 2.45) is 0 Å². The lowest BCUT2D eigenvalue weighted by atomic mass is 10.1. The predicted octanol–water partition coefficient (Wildman–Crippen LogP) is 2.35. The van der Waals surface area contributed by atoms with Crippen LogP contribution in [0, 0.1) is 0 Å². The van der Waals surface area contributed by atoms with E-state index >= 15 is 0 Å². The average molecular weight is 354 g/mol. The van der Waals surface area contributed by atoms with E-state index in [0.717, 1.165) is 50.5 Å². The summed E-state index contributed by atoms with van der Waals surface area (Å²) in [6.07, 6.45) is 3.68. The zero-order valence-corrected chi connectivity index (χ0v) is 15.0. The van der Waals surface area contributed by atoms with Crippen LogP contribution in [0.3, 0.4) is 0 Å². The van der Waals surface area contributed by atoms with Crippen molar-refractivity contribution in [3.05, 3.63) is 59.8 Å². The van der Waals surface area contributed by atoms with Crippen LogP contribution >= 0.6 is 0 Å². The second-order valence-corrected chi connectivity index (χ2v) is 6.32. The maximum Gasteiger partial charge on any atom is 0.315 e. The van der Waals surface area contributed by atoms with Crippen LogP contribution in [0.25, 0.3) is 0 Å². The minimum atomic E-state index is -0.136. The first-order valence-electron chi connectivity index (χ1n) is 9.14. The minimum Gasteiger partial charge on any atom is -0.378 e. The number of anilines is 1. The Labute approximate surface area is 154 Å². The highest BCUT2D eigenvalue weighted by Crippen LogP contribution is 2.14. The van der Waals surface area contributed by atoms with Gasteiger partial charge in [-0.05, 0) is 36.1 Å². The van der Waals surface area contributed by atoms with Gasteiger partial charge in [0.25, 0.3) is 0 Å². The fourth-order valence-electron chi connectivity index (χ4n) is 2.92. The topological polar surface area (TPSA) is 66.5 Å². The first kappa shape index (κ1) is 18.2. The summed E-state index contributed by atoms with van der Waals surface area (Å²) >= 11 is 0. The molecule has 1 aliphatic heterocycles. The number of morpholine rings is 1. The van der Waals surface area contributed by atoms with E-state index in [4.69, 9.17) is 4.74 Å². The van der Waals surface area contributed by atoms with Crippen molar-refractivity contribution in [1.82, 2.24) is 15.6 Å². The van der Waals surface area contributed by atoms with Crippen LogP contribution in [0.5, 0.6) is 0 Å². The zero-order valence-electron chi connectivity index (χ0n) is 15.0. The van der Waals surface area contributed by atoms with Crippen molar-refractivity contribution in [2.75, 3.05) is 37.7 Å². The lowest BCUT2D eigenvalue weighted by molar-refractivity contribution is 0.122. The molecule has 2 amide bonds. The Balaban J connectivity index is 1.37. The smallest absolute Gasteiger partial charge is 0.315 e. The molecule has 6 heteroatoms. The van der Waals surface area contributed by atoms with E-state index in [1.807, 2.05) is 30.3 Å². The molecule has 0 unspecified atom stereocenters. The number of nitrogens with zero attached hydrogens (tertiary/aromatic N) is 2. The van der Waals surface area contributed by atoms with Crippen molar-refractivity contribution < 1.29 is 9.53 Å². The van der Waals surface area contributed by atoms with Crippen LogP contribution in [0.4, 0.5) is 10.6 Å². The maximum absolute atomic E-state index is 11.9. The third-order valence-corrected chi connectivity index (χ3v) is 4.37. The molecule has 2 heterocycles. The fraction of sp³-hybridized carbons (Fsp3) is 0.400. The van der Waals surface area contributed by atoms with Crippen molar-refractivity contribution in [1.29, 1.82) is 0 Å². The molecule has 0 bridgehead atoms. The molecule has 1 saturated heterocycles. The SMILES string of the molecule is O=C(NCCCc1ccccc1)NCc1ccnc(N2CCOCC2)c1. The Morgan fingerprint density at radius 1 is 1.08 bits per heavy atom. The highest BCUT2D eigenvalue weighted by molar-refractivity contribution is 5.73. The van der Waals surface area contributed by atoms with Gasteiger partial charge in [0, 0.05) is 32.4 Å². The molecule has 0 spiro atoms. The van der Waals surface area contributed by atoms with E-state index in [2.05, 4.69) is 32.7 Å². The Hall–Kier alpha value is -2.60. The monoisotopic (exact) mass is 354 g/mol. The maximum atomic E-state index is 11.9. The van der Waals surface area contributed by atoms with Gasteiger partial charge >= 0.3 is 6.03 Å². The van der Waals surface area contributed by atoms with Crippen LogP contribution in [0.1, 0.15) is 17.5 Å². The largest absolute Gasteiger partial charge is 0.378 e. The van der Waals surface area contributed by atoms with Crippen molar-refractivity contribution in [2.45, 2.75) is 19.4 Å². The number of aryl methyl sites for hydroxylation is 1. The molecule has 0 atom stereocenters. The summed E-state index contributed by atoms with van der Waals surface area (Å²) in [5.74, 6) is 0.941. The summed E-state index contributed by atoms with van der Waals surface area (Å²) in [5, 5.41) is 5.82. The molecule has 138 valence electrons. The van der Waals surface area contributed by atoms with E-state index in [-0.39, 0.29) is 6.03 Å². The quantitative estimate of drug-likeness (QED) is 0.749. The molecule has 0 saturated carbocycles. The summed E-state index contributed by atoms with van der Waals surface area (Å²) < 4.78 is 5.37. The molecule has 2 aromatic rings. The molecule has 26 heavy (non-hydrogen) atoms. The van der Waals surface area contributed by atoms with Crippen LogP contribution in [0.15, 0.2) is 48.7 Å². The van der Waals surface area contributed by atoms with Gasteiger partial charge in [0.2, 0.25) is 0 Å². The van der Waals surface area contributed by atoms with Crippen LogP contribution < -0.4 is 15.5 Å². The first-order chi connectivity index (χ1) is 12.8. The van der Waals surface area contributed by atoms with E-state index < -0.39 is 0 Å². The molecule has 1 fully saturated rings. The second-order valence-electron chi connectivity index (χ2n) is 6.32. The number of rotatable bonds is 7. The fourth-order valence-corrected chi connectivity index (χ4v) is 2.92. The summed E-state index contributed by atoms with van der Waals surface area (Å²) in [7, 11) is 0.